The third-order valence-corrected chi connectivity index (χ3v) is 6.11. The summed E-state index contributed by atoms with van der Waals surface area (Å²) in [5, 5.41) is 1.46. The van der Waals surface area contributed by atoms with Crippen molar-refractivity contribution in [3.8, 4) is 5.95 Å². The first-order chi connectivity index (χ1) is 14.6. The van der Waals surface area contributed by atoms with Crippen LogP contribution in [0.1, 0.15) is 31.9 Å². The molecular formula is C21H27N5O4. The third-order valence-electron chi connectivity index (χ3n) is 6.11. The molecule has 0 bridgehead atoms. The standard InChI is InChI=1S/C21H27N5O4/c1-3-30-26-18(27)14-17(19(28)29-2)21(26)7-12-24(13-8-21)15-16-6-4-11-25(16)20-22-9-5-10-23-20/h4-6,9-11,17H,3,7-8,12-15H2,1-2H3. The molecule has 2 aromatic heterocycles. The molecule has 0 aromatic carbocycles. The van der Waals surface area contributed by atoms with Crippen molar-refractivity contribution in [3.05, 3.63) is 42.5 Å². The smallest absolute Gasteiger partial charge is 0.311 e. The Labute approximate surface area is 175 Å². The van der Waals surface area contributed by atoms with Crippen LogP contribution in [0.15, 0.2) is 36.8 Å². The SMILES string of the molecule is CCON1C(=O)CC(C(=O)OC)C12CCN(Cc1cccn1-c1ncccn1)CC2. The van der Waals surface area contributed by atoms with E-state index in [2.05, 4.69) is 20.9 Å². The van der Waals surface area contributed by atoms with Crippen molar-refractivity contribution in [2.45, 2.75) is 38.3 Å². The Morgan fingerprint density at radius 1 is 1.23 bits per heavy atom. The summed E-state index contributed by atoms with van der Waals surface area (Å²) in [6.45, 7) is 4.44. The fourth-order valence-corrected chi connectivity index (χ4v) is 4.65. The molecule has 0 aliphatic carbocycles. The number of carbonyl (C=O) groups excluding carboxylic acids is 2. The quantitative estimate of drug-likeness (QED) is 0.664. The van der Waals surface area contributed by atoms with E-state index < -0.39 is 11.5 Å². The lowest BCUT2D eigenvalue weighted by Gasteiger charge is -2.45. The molecule has 1 unspecified atom stereocenters. The number of carbonyl (C=O) groups is 2. The number of ether oxygens (including phenoxy) is 1. The second kappa shape index (κ2) is 8.53. The lowest BCUT2D eigenvalue weighted by atomic mass is 9.77. The molecule has 9 nitrogen and oxygen atoms in total. The van der Waals surface area contributed by atoms with E-state index in [-0.39, 0.29) is 18.3 Å². The van der Waals surface area contributed by atoms with Crippen LogP contribution < -0.4 is 0 Å². The zero-order valence-electron chi connectivity index (χ0n) is 17.4. The molecule has 4 rings (SSSR count). The van der Waals surface area contributed by atoms with Crippen LogP contribution in [0.2, 0.25) is 0 Å². The van der Waals surface area contributed by atoms with Gasteiger partial charge in [0.05, 0.1) is 25.2 Å². The minimum Gasteiger partial charge on any atom is -0.469 e. The number of rotatable bonds is 6. The van der Waals surface area contributed by atoms with Crippen LogP contribution in [0.5, 0.6) is 0 Å². The summed E-state index contributed by atoms with van der Waals surface area (Å²) < 4.78 is 6.99. The van der Waals surface area contributed by atoms with Gasteiger partial charge in [-0.25, -0.2) is 15.0 Å². The van der Waals surface area contributed by atoms with Crippen molar-refractivity contribution < 1.29 is 19.2 Å². The van der Waals surface area contributed by atoms with Crippen molar-refractivity contribution >= 4 is 11.9 Å². The number of hydrogen-bond acceptors (Lipinski definition) is 7. The van der Waals surface area contributed by atoms with Crippen LogP contribution in [-0.4, -0.2) is 68.7 Å². The Hall–Kier alpha value is -2.78. The van der Waals surface area contributed by atoms with E-state index in [0.717, 1.165) is 25.3 Å². The monoisotopic (exact) mass is 413 g/mol. The molecule has 2 aliphatic rings. The molecule has 4 heterocycles. The molecule has 1 amide bonds. The topological polar surface area (TPSA) is 89.8 Å². The molecule has 1 atom stereocenters. The molecule has 0 radical (unpaired) electrons. The molecule has 30 heavy (non-hydrogen) atoms. The van der Waals surface area contributed by atoms with Gasteiger partial charge in [0, 0.05) is 50.3 Å². The highest BCUT2D eigenvalue weighted by Gasteiger charge is 2.58. The van der Waals surface area contributed by atoms with Crippen molar-refractivity contribution in [1.29, 1.82) is 0 Å². The van der Waals surface area contributed by atoms with Gasteiger partial charge < -0.3 is 4.74 Å². The van der Waals surface area contributed by atoms with E-state index in [1.54, 1.807) is 18.5 Å². The summed E-state index contributed by atoms with van der Waals surface area (Å²) >= 11 is 0. The van der Waals surface area contributed by atoms with E-state index in [1.807, 2.05) is 23.8 Å². The highest BCUT2D eigenvalue weighted by atomic mass is 16.7. The number of hydrogen-bond donors (Lipinski definition) is 0. The van der Waals surface area contributed by atoms with Crippen molar-refractivity contribution in [1.82, 2.24) is 24.5 Å². The lowest BCUT2D eigenvalue weighted by Crippen LogP contribution is -2.57. The molecule has 9 heteroatoms. The van der Waals surface area contributed by atoms with Crippen LogP contribution >= 0.6 is 0 Å². The van der Waals surface area contributed by atoms with Gasteiger partial charge in [-0.05, 0) is 38.0 Å². The first-order valence-corrected chi connectivity index (χ1v) is 10.3. The number of nitrogens with zero attached hydrogens (tertiary/aromatic N) is 5. The molecule has 0 saturated carbocycles. The summed E-state index contributed by atoms with van der Waals surface area (Å²) in [7, 11) is 1.37. The van der Waals surface area contributed by atoms with Crippen LogP contribution in [-0.2, 0) is 25.7 Å². The molecule has 2 aromatic rings. The Morgan fingerprint density at radius 2 is 1.97 bits per heavy atom. The highest BCUT2D eigenvalue weighted by Crippen LogP contribution is 2.44. The van der Waals surface area contributed by atoms with Crippen molar-refractivity contribution in [3.63, 3.8) is 0 Å². The largest absolute Gasteiger partial charge is 0.469 e. The summed E-state index contributed by atoms with van der Waals surface area (Å²) in [4.78, 5) is 41.7. The zero-order valence-corrected chi connectivity index (χ0v) is 17.4. The Balaban J connectivity index is 1.49. The summed E-state index contributed by atoms with van der Waals surface area (Å²) in [6.07, 6.45) is 6.85. The molecule has 2 fully saturated rings. The molecular weight excluding hydrogens is 386 g/mol. The molecule has 1 spiro atoms. The second-order valence-corrected chi connectivity index (χ2v) is 7.68. The summed E-state index contributed by atoms with van der Waals surface area (Å²) in [6, 6.07) is 5.84. The summed E-state index contributed by atoms with van der Waals surface area (Å²) in [5.74, 6) is -0.337. The fourth-order valence-electron chi connectivity index (χ4n) is 4.65. The van der Waals surface area contributed by atoms with E-state index in [9.17, 15) is 9.59 Å². The number of likely N-dealkylation sites (tertiary alicyclic amines) is 1. The maximum atomic E-state index is 12.6. The minimum absolute atomic E-state index is 0.140. The lowest BCUT2D eigenvalue weighted by molar-refractivity contribution is -0.221. The van der Waals surface area contributed by atoms with Gasteiger partial charge in [0.25, 0.3) is 0 Å². The van der Waals surface area contributed by atoms with Gasteiger partial charge in [0.1, 0.15) is 0 Å². The van der Waals surface area contributed by atoms with Crippen molar-refractivity contribution in [2.24, 2.45) is 5.92 Å². The van der Waals surface area contributed by atoms with Crippen LogP contribution in [0.4, 0.5) is 0 Å². The van der Waals surface area contributed by atoms with Gasteiger partial charge in [-0.1, -0.05) is 0 Å². The van der Waals surface area contributed by atoms with Gasteiger partial charge in [-0.2, -0.15) is 0 Å². The van der Waals surface area contributed by atoms with Gasteiger partial charge in [-0.3, -0.25) is 23.9 Å². The number of aromatic nitrogens is 3. The first kappa shape index (κ1) is 20.5. The first-order valence-electron chi connectivity index (χ1n) is 10.3. The van der Waals surface area contributed by atoms with Crippen LogP contribution in [0.3, 0.4) is 0 Å². The number of hydroxylamine groups is 2. The fraction of sp³-hybridized carbons (Fsp3) is 0.524. The highest BCUT2D eigenvalue weighted by molar-refractivity contribution is 5.88. The molecule has 160 valence electrons. The van der Waals surface area contributed by atoms with E-state index >= 15 is 0 Å². The molecule has 0 N–H and O–H groups in total. The minimum atomic E-state index is -0.638. The zero-order chi connectivity index (χ0) is 21.1. The predicted molar refractivity (Wildman–Crippen MR) is 107 cm³/mol. The van der Waals surface area contributed by atoms with Crippen LogP contribution in [0, 0.1) is 5.92 Å². The van der Waals surface area contributed by atoms with Crippen LogP contribution in [0.25, 0.3) is 5.95 Å². The Bertz CT molecular complexity index is 892. The average Bonchev–Trinajstić information content (AvgIpc) is 3.34. The molecule has 2 aliphatic heterocycles. The van der Waals surface area contributed by atoms with Crippen molar-refractivity contribution in [2.75, 3.05) is 26.8 Å². The third kappa shape index (κ3) is 3.59. The molecule has 2 saturated heterocycles. The van der Waals surface area contributed by atoms with E-state index in [4.69, 9.17) is 9.57 Å². The van der Waals surface area contributed by atoms with Gasteiger partial charge in [0.15, 0.2) is 0 Å². The van der Waals surface area contributed by atoms with Gasteiger partial charge in [0.2, 0.25) is 11.9 Å². The van der Waals surface area contributed by atoms with Gasteiger partial charge in [-0.15, -0.1) is 0 Å². The summed E-state index contributed by atoms with van der Waals surface area (Å²) in [5.41, 5.74) is 0.451. The maximum absolute atomic E-state index is 12.6. The maximum Gasteiger partial charge on any atom is 0.311 e. The normalized spacial score (nSPS) is 21.3. The van der Waals surface area contributed by atoms with E-state index in [1.165, 1.54) is 12.2 Å². The second-order valence-electron chi connectivity index (χ2n) is 7.68. The average molecular weight is 413 g/mol. The number of esters is 1. The number of methoxy groups -OCH3 is 1. The predicted octanol–water partition coefficient (Wildman–Crippen LogP) is 1.57. The Kier molecular flexibility index (Phi) is 5.83. The Morgan fingerprint density at radius 3 is 2.63 bits per heavy atom. The number of piperidine rings is 1. The number of amides is 1. The van der Waals surface area contributed by atoms with Gasteiger partial charge >= 0.3 is 5.97 Å². The van der Waals surface area contributed by atoms with E-state index in [0.29, 0.717) is 25.4 Å².